The molecule has 2 aromatic rings. The number of benzene rings is 1. The van der Waals surface area contributed by atoms with Crippen LogP contribution in [0.2, 0.25) is 0 Å². The molecule has 0 saturated heterocycles. The number of hydrogen-bond donors (Lipinski definition) is 1. The Labute approximate surface area is 122 Å². The molecule has 0 spiro atoms. The quantitative estimate of drug-likeness (QED) is 0.668. The summed E-state index contributed by atoms with van der Waals surface area (Å²) in [7, 11) is 0. The third-order valence-electron chi connectivity index (χ3n) is 2.21. The van der Waals surface area contributed by atoms with Crippen LogP contribution in [0.25, 0.3) is 10.4 Å². The van der Waals surface area contributed by atoms with Crippen LogP contribution in [0.3, 0.4) is 0 Å². The van der Waals surface area contributed by atoms with Gasteiger partial charge in [-0.05, 0) is 18.2 Å². The molecule has 0 aliphatic rings. The van der Waals surface area contributed by atoms with E-state index in [0.29, 0.717) is 0 Å². The lowest BCUT2D eigenvalue weighted by atomic mass is 10.2. The van der Waals surface area contributed by atoms with Crippen molar-refractivity contribution in [2.24, 2.45) is 5.16 Å². The summed E-state index contributed by atoms with van der Waals surface area (Å²) in [5.41, 5.74) is 1.11. The first-order chi connectivity index (χ1) is 9.16. The highest BCUT2D eigenvalue weighted by molar-refractivity contribution is 9.10. The second kappa shape index (κ2) is 6.49. The van der Waals surface area contributed by atoms with E-state index in [1.807, 2.05) is 36.4 Å². The van der Waals surface area contributed by atoms with Gasteiger partial charge in [0.2, 0.25) is 6.61 Å². The standard InChI is InChI=1S/C13H10BrNO3S/c14-11-4-2-1-3-10(11)12-6-5-9(19-12)7-15-18-8-13(16)17/h1-7H,8H2,(H,16,17). The number of halogens is 1. The lowest BCUT2D eigenvalue weighted by molar-refractivity contribution is -0.142. The molecule has 1 aromatic carbocycles. The highest BCUT2D eigenvalue weighted by Crippen LogP contribution is 2.32. The van der Waals surface area contributed by atoms with Crippen molar-refractivity contribution in [3.8, 4) is 10.4 Å². The average Bonchev–Trinajstić information content (AvgIpc) is 2.83. The van der Waals surface area contributed by atoms with Gasteiger partial charge in [-0.1, -0.05) is 39.3 Å². The number of hydrogen-bond acceptors (Lipinski definition) is 4. The van der Waals surface area contributed by atoms with Gasteiger partial charge in [0.25, 0.3) is 0 Å². The largest absolute Gasteiger partial charge is 0.479 e. The summed E-state index contributed by atoms with van der Waals surface area (Å²) in [6.07, 6.45) is 1.51. The van der Waals surface area contributed by atoms with Gasteiger partial charge in [-0.15, -0.1) is 11.3 Å². The van der Waals surface area contributed by atoms with Crippen LogP contribution in [0.4, 0.5) is 0 Å². The van der Waals surface area contributed by atoms with Crippen LogP contribution in [0.15, 0.2) is 46.0 Å². The second-order valence-electron chi connectivity index (χ2n) is 3.58. The summed E-state index contributed by atoms with van der Waals surface area (Å²) in [5.74, 6) is -1.04. The molecular weight excluding hydrogens is 330 g/mol. The number of aliphatic carboxylic acids is 1. The average molecular weight is 340 g/mol. The van der Waals surface area contributed by atoms with Crippen LogP contribution in [0.5, 0.6) is 0 Å². The van der Waals surface area contributed by atoms with E-state index in [2.05, 4.69) is 25.9 Å². The molecule has 0 saturated carbocycles. The zero-order valence-corrected chi connectivity index (χ0v) is 12.1. The maximum atomic E-state index is 10.2. The normalized spacial score (nSPS) is 10.8. The zero-order valence-electron chi connectivity index (χ0n) is 9.75. The first kappa shape index (κ1) is 13.8. The number of thiophene rings is 1. The molecule has 0 fully saturated rings. The number of carboxylic acid groups (broad SMARTS) is 1. The Morgan fingerprint density at radius 2 is 2.16 bits per heavy atom. The van der Waals surface area contributed by atoms with Gasteiger partial charge in [0, 0.05) is 19.8 Å². The lowest BCUT2D eigenvalue weighted by Gasteiger charge is -1.99. The number of oxime groups is 1. The molecule has 19 heavy (non-hydrogen) atoms. The molecule has 0 unspecified atom stereocenters. The molecule has 2 rings (SSSR count). The highest BCUT2D eigenvalue weighted by atomic mass is 79.9. The van der Waals surface area contributed by atoms with Crippen molar-refractivity contribution < 1.29 is 14.7 Å². The molecule has 0 bridgehead atoms. The van der Waals surface area contributed by atoms with Crippen molar-refractivity contribution in [3.63, 3.8) is 0 Å². The third kappa shape index (κ3) is 3.90. The smallest absolute Gasteiger partial charge is 0.344 e. The molecule has 1 aromatic heterocycles. The van der Waals surface area contributed by atoms with Crippen LogP contribution in [-0.4, -0.2) is 23.9 Å². The van der Waals surface area contributed by atoms with Crippen LogP contribution in [0.1, 0.15) is 4.88 Å². The van der Waals surface area contributed by atoms with Crippen LogP contribution in [-0.2, 0) is 9.63 Å². The minimum absolute atomic E-state index is 0.432. The fourth-order valence-electron chi connectivity index (χ4n) is 1.41. The topological polar surface area (TPSA) is 58.9 Å². The Morgan fingerprint density at radius 1 is 1.37 bits per heavy atom. The SMILES string of the molecule is O=C(O)CON=Cc1ccc(-c2ccccc2Br)s1. The second-order valence-corrected chi connectivity index (χ2v) is 5.55. The van der Waals surface area contributed by atoms with E-state index in [1.165, 1.54) is 6.21 Å². The number of carbonyl (C=O) groups is 1. The van der Waals surface area contributed by atoms with Crippen LogP contribution >= 0.6 is 27.3 Å². The molecule has 0 aliphatic carbocycles. The number of rotatable bonds is 5. The maximum Gasteiger partial charge on any atom is 0.344 e. The highest BCUT2D eigenvalue weighted by Gasteiger charge is 2.05. The minimum atomic E-state index is -1.04. The summed E-state index contributed by atoms with van der Waals surface area (Å²) in [5, 5.41) is 12.0. The first-order valence-corrected chi connectivity index (χ1v) is 6.99. The molecule has 0 aliphatic heterocycles. The Balaban J connectivity index is 2.07. The number of carboxylic acids is 1. The van der Waals surface area contributed by atoms with Gasteiger partial charge in [-0.3, -0.25) is 0 Å². The maximum absolute atomic E-state index is 10.2. The monoisotopic (exact) mass is 339 g/mol. The van der Waals surface area contributed by atoms with Gasteiger partial charge in [0.15, 0.2) is 0 Å². The predicted molar refractivity (Wildman–Crippen MR) is 78.6 cm³/mol. The Hall–Kier alpha value is -1.66. The molecule has 6 heteroatoms. The number of nitrogens with zero attached hydrogens (tertiary/aromatic N) is 1. The van der Waals surface area contributed by atoms with Gasteiger partial charge >= 0.3 is 5.97 Å². The van der Waals surface area contributed by atoms with Crippen LogP contribution < -0.4 is 0 Å². The Morgan fingerprint density at radius 3 is 2.89 bits per heavy atom. The predicted octanol–water partition coefficient (Wildman–Crippen LogP) is 3.61. The van der Waals surface area contributed by atoms with Crippen molar-refractivity contribution in [1.82, 2.24) is 0 Å². The van der Waals surface area contributed by atoms with Gasteiger partial charge in [0.05, 0.1) is 6.21 Å². The molecule has 1 N–H and O–H groups in total. The third-order valence-corrected chi connectivity index (χ3v) is 3.95. The van der Waals surface area contributed by atoms with Crippen molar-refractivity contribution in [2.75, 3.05) is 6.61 Å². The van der Waals surface area contributed by atoms with Crippen molar-refractivity contribution >= 4 is 39.5 Å². The van der Waals surface area contributed by atoms with E-state index in [-0.39, 0.29) is 0 Å². The molecule has 0 amide bonds. The molecule has 4 nitrogen and oxygen atoms in total. The molecular formula is C13H10BrNO3S. The van der Waals surface area contributed by atoms with Crippen molar-refractivity contribution in [3.05, 3.63) is 45.7 Å². The Bertz CT molecular complexity index is 609. The zero-order chi connectivity index (χ0) is 13.7. The summed E-state index contributed by atoms with van der Waals surface area (Å²) in [6.45, 7) is -0.432. The molecule has 0 radical (unpaired) electrons. The van der Waals surface area contributed by atoms with Gasteiger partial charge in [-0.25, -0.2) is 4.79 Å². The van der Waals surface area contributed by atoms with Gasteiger partial charge < -0.3 is 9.94 Å². The lowest BCUT2D eigenvalue weighted by Crippen LogP contribution is -2.03. The van der Waals surface area contributed by atoms with Crippen molar-refractivity contribution in [1.29, 1.82) is 0 Å². The van der Waals surface area contributed by atoms with Gasteiger partial charge in [0.1, 0.15) is 0 Å². The van der Waals surface area contributed by atoms with Gasteiger partial charge in [-0.2, -0.15) is 0 Å². The van der Waals surface area contributed by atoms with Crippen LogP contribution in [0, 0.1) is 0 Å². The molecule has 1 heterocycles. The summed E-state index contributed by atoms with van der Waals surface area (Å²) in [4.78, 5) is 16.8. The van der Waals surface area contributed by atoms with E-state index >= 15 is 0 Å². The Kier molecular flexibility index (Phi) is 4.70. The van der Waals surface area contributed by atoms with E-state index in [4.69, 9.17) is 5.11 Å². The summed E-state index contributed by atoms with van der Waals surface area (Å²) in [6, 6.07) is 11.8. The van der Waals surface area contributed by atoms with E-state index in [0.717, 1.165) is 19.8 Å². The summed E-state index contributed by atoms with van der Waals surface area (Å²) < 4.78 is 1.03. The van der Waals surface area contributed by atoms with Crippen molar-refractivity contribution in [2.45, 2.75) is 0 Å². The van der Waals surface area contributed by atoms with E-state index in [9.17, 15) is 4.79 Å². The van der Waals surface area contributed by atoms with E-state index < -0.39 is 12.6 Å². The fraction of sp³-hybridized carbons (Fsp3) is 0.0769. The first-order valence-electron chi connectivity index (χ1n) is 5.38. The minimum Gasteiger partial charge on any atom is -0.479 e. The summed E-state index contributed by atoms with van der Waals surface area (Å²) >= 11 is 5.06. The fourth-order valence-corrected chi connectivity index (χ4v) is 2.95. The molecule has 98 valence electrons. The molecule has 0 atom stereocenters. The van der Waals surface area contributed by atoms with E-state index in [1.54, 1.807) is 11.3 Å².